The smallest absolute Gasteiger partial charge is 0.137 e. The average Bonchev–Trinajstić information content (AvgIpc) is 2.35. The molecule has 1 fully saturated rings. The van der Waals surface area contributed by atoms with Crippen molar-refractivity contribution in [3.8, 4) is 0 Å². The van der Waals surface area contributed by atoms with E-state index in [-0.39, 0.29) is 17.8 Å². The summed E-state index contributed by atoms with van der Waals surface area (Å²) in [5, 5.41) is 9.56. The van der Waals surface area contributed by atoms with Crippen molar-refractivity contribution in [2.75, 3.05) is 19.8 Å². The Hall–Kier alpha value is -0.450. The molecule has 94 valence electrons. The van der Waals surface area contributed by atoms with Crippen molar-refractivity contribution in [2.45, 2.75) is 19.3 Å². The van der Waals surface area contributed by atoms with E-state index in [2.05, 4.69) is 15.9 Å². The summed E-state index contributed by atoms with van der Waals surface area (Å²) in [6.45, 7) is 1.47. The lowest BCUT2D eigenvalue weighted by molar-refractivity contribution is -0.0379. The van der Waals surface area contributed by atoms with Gasteiger partial charge in [0.05, 0.1) is 17.7 Å². The molecule has 0 spiro atoms. The zero-order valence-electron chi connectivity index (χ0n) is 9.59. The van der Waals surface area contributed by atoms with Gasteiger partial charge in [-0.05, 0) is 52.9 Å². The average molecular weight is 303 g/mol. The minimum atomic E-state index is -0.258. The lowest BCUT2D eigenvalue weighted by Gasteiger charge is -2.35. The highest BCUT2D eigenvalue weighted by molar-refractivity contribution is 9.10. The summed E-state index contributed by atoms with van der Waals surface area (Å²) in [4.78, 5) is 0. The second-order valence-corrected chi connectivity index (χ2v) is 5.59. The zero-order valence-corrected chi connectivity index (χ0v) is 11.2. The number of hydrogen-bond acceptors (Lipinski definition) is 2. The molecule has 1 saturated heterocycles. The number of aliphatic hydroxyl groups is 1. The van der Waals surface area contributed by atoms with Crippen LogP contribution in [0, 0.1) is 11.2 Å². The van der Waals surface area contributed by atoms with Gasteiger partial charge in [-0.2, -0.15) is 0 Å². The molecule has 1 atom stereocenters. The van der Waals surface area contributed by atoms with Crippen LogP contribution in [0.25, 0.3) is 0 Å². The number of hydrogen-bond donors (Lipinski definition) is 1. The van der Waals surface area contributed by atoms with Gasteiger partial charge in [-0.3, -0.25) is 0 Å². The predicted molar refractivity (Wildman–Crippen MR) is 67.4 cm³/mol. The summed E-state index contributed by atoms with van der Waals surface area (Å²) in [6, 6.07) is 5.00. The molecule has 1 aromatic carbocycles. The van der Waals surface area contributed by atoms with Crippen LogP contribution < -0.4 is 0 Å². The predicted octanol–water partition coefficient (Wildman–Crippen LogP) is 2.92. The van der Waals surface area contributed by atoms with Crippen LogP contribution >= 0.6 is 15.9 Å². The minimum absolute atomic E-state index is 0.113. The van der Waals surface area contributed by atoms with Crippen LogP contribution in [0.1, 0.15) is 18.4 Å². The van der Waals surface area contributed by atoms with E-state index in [1.54, 1.807) is 12.1 Å². The van der Waals surface area contributed by atoms with E-state index in [0.717, 1.165) is 31.4 Å². The molecule has 0 aromatic heterocycles. The van der Waals surface area contributed by atoms with E-state index < -0.39 is 0 Å². The fourth-order valence-electron chi connectivity index (χ4n) is 2.31. The quantitative estimate of drug-likeness (QED) is 0.930. The molecule has 0 saturated carbocycles. The van der Waals surface area contributed by atoms with Crippen molar-refractivity contribution in [3.05, 3.63) is 34.1 Å². The van der Waals surface area contributed by atoms with E-state index in [1.165, 1.54) is 6.07 Å². The number of rotatable bonds is 3. The maximum atomic E-state index is 13.1. The molecular weight excluding hydrogens is 287 g/mol. The van der Waals surface area contributed by atoms with Gasteiger partial charge in [-0.15, -0.1) is 0 Å². The van der Waals surface area contributed by atoms with E-state index in [9.17, 15) is 9.50 Å². The molecule has 4 heteroatoms. The first-order valence-corrected chi connectivity index (χ1v) is 6.57. The van der Waals surface area contributed by atoms with Gasteiger partial charge in [-0.25, -0.2) is 4.39 Å². The van der Waals surface area contributed by atoms with Gasteiger partial charge in [-0.1, -0.05) is 6.07 Å². The number of aliphatic hydroxyl groups excluding tert-OH is 1. The standard InChI is InChI=1S/C13H16BrFO2/c14-11-6-10(2-3-12(11)15)7-13(8-16)4-1-5-17-9-13/h2-3,6,16H,1,4-5,7-9H2. The van der Waals surface area contributed by atoms with Crippen molar-refractivity contribution in [1.29, 1.82) is 0 Å². The maximum Gasteiger partial charge on any atom is 0.137 e. The lowest BCUT2D eigenvalue weighted by Crippen LogP contribution is -2.37. The topological polar surface area (TPSA) is 29.5 Å². The Kier molecular flexibility index (Phi) is 4.17. The third-order valence-electron chi connectivity index (χ3n) is 3.30. The maximum absolute atomic E-state index is 13.1. The van der Waals surface area contributed by atoms with E-state index in [1.807, 2.05) is 0 Å². The number of benzene rings is 1. The van der Waals surface area contributed by atoms with Gasteiger partial charge < -0.3 is 9.84 Å². The van der Waals surface area contributed by atoms with Crippen LogP contribution in [0.2, 0.25) is 0 Å². The Bertz CT molecular complexity index is 389. The van der Waals surface area contributed by atoms with Gasteiger partial charge in [0.25, 0.3) is 0 Å². The third-order valence-corrected chi connectivity index (χ3v) is 3.91. The molecular formula is C13H16BrFO2. The van der Waals surface area contributed by atoms with Crippen LogP contribution in [-0.2, 0) is 11.2 Å². The summed E-state index contributed by atoms with van der Waals surface area (Å²) >= 11 is 3.18. The van der Waals surface area contributed by atoms with Gasteiger partial charge in [0.15, 0.2) is 0 Å². The summed E-state index contributed by atoms with van der Waals surface area (Å²) in [6.07, 6.45) is 2.66. The van der Waals surface area contributed by atoms with E-state index in [4.69, 9.17) is 4.74 Å². The Labute approximate surface area is 109 Å². The van der Waals surface area contributed by atoms with Crippen LogP contribution in [0.5, 0.6) is 0 Å². The molecule has 2 rings (SSSR count). The van der Waals surface area contributed by atoms with Gasteiger partial charge in [0.1, 0.15) is 5.82 Å². The molecule has 1 aromatic rings. The van der Waals surface area contributed by atoms with Crippen LogP contribution in [0.3, 0.4) is 0 Å². The molecule has 1 heterocycles. The molecule has 2 nitrogen and oxygen atoms in total. The highest BCUT2D eigenvalue weighted by Crippen LogP contribution is 2.33. The van der Waals surface area contributed by atoms with Crippen molar-refractivity contribution < 1.29 is 14.2 Å². The van der Waals surface area contributed by atoms with E-state index >= 15 is 0 Å². The van der Waals surface area contributed by atoms with Crippen molar-refractivity contribution in [3.63, 3.8) is 0 Å². The third kappa shape index (κ3) is 3.06. The normalized spacial score (nSPS) is 24.9. The van der Waals surface area contributed by atoms with Gasteiger partial charge in [0, 0.05) is 12.0 Å². The SMILES string of the molecule is OCC1(Cc2ccc(F)c(Br)c2)CCCOC1. The first kappa shape index (κ1) is 13.0. The largest absolute Gasteiger partial charge is 0.396 e. The summed E-state index contributed by atoms with van der Waals surface area (Å²) in [5.41, 5.74) is 0.827. The van der Waals surface area contributed by atoms with E-state index in [0.29, 0.717) is 11.1 Å². The second-order valence-electron chi connectivity index (χ2n) is 4.74. The monoisotopic (exact) mass is 302 g/mol. The fourth-order valence-corrected chi connectivity index (χ4v) is 2.74. The lowest BCUT2D eigenvalue weighted by atomic mass is 9.78. The molecule has 1 aliphatic heterocycles. The molecule has 1 aliphatic rings. The molecule has 1 unspecified atom stereocenters. The van der Waals surface area contributed by atoms with Crippen molar-refractivity contribution in [1.82, 2.24) is 0 Å². The zero-order chi connectivity index (χ0) is 12.3. The first-order chi connectivity index (χ1) is 8.15. The van der Waals surface area contributed by atoms with Crippen molar-refractivity contribution >= 4 is 15.9 Å². The summed E-state index contributed by atoms with van der Waals surface area (Å²) in [5.74, 6) is -0.258. The van der Waals surface area contributed by atoms with Gasteiger partial charge in [0.2, 0.25) is 0 Å². The molecule has 17 heavy (non-hydrogen) atoms. The molecule has 0 aliphatic carbocycles. The van der Waals surface area contributed by atoms with Crippen LogP contribution in [-0.4, -0.2) is 24.9 Å². The Morgan fingerprint density at radius 1 is 1.47 bits per heavy atom. The molecule has 0 amide bonds. The number of halogens is 2. The molecule has 1 N–H and O–H groups in total. The highest BCUT2D eigenvalue weighted by Gasteiger charge is 2.32. The summed E-state index contributed by atoms with van der Waals surface area (Å²) < 4.78 is 19.1. The second kappa shape index (κ2) is 5.46. The molecule has 0 radical (unpaired) electrons. The first-order valence-electron chi connectivity index (χ1n) is 5.78. The highest BCUT2D eigenvalue weighted by atomic mass is 79.9. The van der Waals surface area contributed by atoms with Crippen LogP contribution in [0.4, 0.5) is 4.39 Å². The number of ether oxygens (including phenoxy) is 1. The minimum Gasteiger partial charge on any atom is -0.396 e. The Balaban J connectivity index is 2.14. The van der Waals surface area contributed by atoms with Gasteiger partial charge >= 0.3 is 0 Å². The Morgan fingerprint density at radius 3 is 2.88 bits per heavy atom. The Morgan fingerprint density at radius 2 is 2.29 bits per heavy atom. The van der Waals surface area contributed by atoms with Crippen LogP contribution in [0.15, 0.2) is 22.7 Å². The summed E-state index contributed by atoms with van der Waals surface area (Å²) in [7, 11) is 0. The fraction of sp³-hybridized carbons (Fsp3) is 0.538. The van der Waals surface area contributed by atoms with Crippen molar-refractivity contribution in [2.24, 2.45) is 5.41 Å². The molecule has 0 bridgehead atoms.